The van der Waals surface area contributed by atoms with E-state index in [9.17, 15) is 14.5 Å². The topological polar surface area (TPSA) is 58.4 Å². The van der Waals surface area contributed by atoms with Gasteiger partial charge in [0.15, 0.2) is 5.82 Å². The summed E-state index contributed by atoms with van der Waals surface area (Å²) in [5.41, 5.74) is 1.91. The average molecular weight is 347 g/mol. The molecule has 0 unspecified atom stereocenters. The van der Waals surface area contributed by atoms with Crippen LogP contribution in [-0.4, -0.2) is 34.4 Å². The van der Waals surface area contributed by atoms with Gasteiger partial charge in [-0.3, -0.25) is 15.0 Å². The van der Waals surface area contributed by atoms with E-state index in [0.717, 1.165) is 48.5 Å². The minimum Gasteiger partial charge on any atom is -0.353 e. The van der Waals surface area contributed by atoms with Crippen molar-refractivity contribution in [3.63, 3.8) is 0 Å². The van der Waals surface area contributed by atoms with E-state index in [-0.39, 0.29) is 11.4 Å². The summed E-state index contributed by atoms with van der Waals surface area (Å²) in [6.07, 6.45) is 0. The van der Waals surface area contributed by atoms with Crippen molar-refractivity contribution in [1.29, 1.82) is 0 Å². The largest absolute Gasteiger partial charge is 0.353 e. The third-order valence-electron chi connectivity index (χ3n) is 3.88. The summed E-state index contributed by atoms with van der Waals surface area (Å²) in [6.45, 7) is 3.04. The molecule has 1 aliphatic rings. The van der Waals surface area contributed by atoms with Crippen LogP contribution in [0, 0.1) is 15.9 Å². The molecule has 126 valence electrons. The minimum absolute atomic E-state index is 0.229. The highest BCUT2D eigenvalue weighted by Gasteiger charge is 2.12. The van der Waals surface area contributed by atoms with E-state index in [2.05, 4.69) is 16.3 Å². The number of nitrogens with zero attached hydrogens (tertiary/aromatic N) is 2. The number of nitro groups is 1. The number of nitrogens with one attached hydrogen (secondary N) is 1. The number of nitro benzene ring substituents is 1. The Bertz CT molecular complexity index is 736. The molecular formula is C17H18FN3O2S. The van der Waals surface area contributed by atoms with Crippen molar-refractivity contribution in [2.75, 3.05) is 29.9 Å². The Kier molecular flexibility index (Phi) is 5.32. The van der Waals surface area contributed by atoms with Crippen molar-refractivity contribution < 1.29 is 9.31 Å². The highest BCUT2D eigenvalue weighted by atomic mass is 32.2. The van der Waals surface area contributed by atoms with Gasteiger partial charge in [0, 0.05) is 42.9 Å². The Morgan fingerprint density at radius 1 is 1.21 bits per heavy atom. The second-order valence-corrected chi connectivity index (χ2v) is 6.86. The molecule has 7 heteroatoms. The maximum Gasteiger partial charge on any atom is 0.272 e. The molecule has 3 rings (SSSR count). The van der Waals surface area contributed by atoms with Gasteiger partial charge in [-0.15, -0.1) is 0 Å². The van der Waals surface area contributed by atoms with Crippen LogP contribution in [0.25, 0.3) is 0 Å². The monoisotopic (exact) mass is 347 g/mol. The summed E-state index contributed by atoms with van der Waals surface area (Å²) < 4.78 is 14.0. The Balaban J connectivity index is 1.71. The third-order valence-corrected chi connectivity index (χ3v) is 4.82. The molecule has 1 N–H and O–H groups in total. The molecule has 1 fully saturated rings. The quantitative estimate of drug-likeness (QED) is 0.654. The van der Waals surface area contributed by atoms with Gasteiger partial charge in [0.25, 0.3) is 5.69 Å². The molecule has 0 bridgehead atoms. The van der Waals surface area contributed by atoms with Gasteiger partial charge >= 0.3 is 0 Å². The predicted octanol–water partition coefficient (Wildman–Crippen LogP) is 4.03. The molecular weight excluding hydrogens is 329 g/mol. The van der Waals surface area contributed by atoms with Crippen LogP contribution in [0.4, 0.5) is 21.5 Å². The molecule has 1 saturated heterocycles. The van der Waals surface area contributed by atoms with Gasteiger partial charge in [0.2, 0.25) is 0 Å². The number of non-ortho nitro benzene ring substituents is 1. The number of halogens is 1. The molecule has 2 aromatic carbocycles. The van der Waals surface area contributed by atoms with Crippen LogP contribution in [0.1, 0.15) is 5.56 Å². The summed E-state index contributed by atoms with van der Waals surface area (Å²) in [7, 11) is 0. The molecule has 0 spiro atoms. The summed E-state index contributed by atoms with van der Waals surface area (Å²) in [4.78, 5) is 12.5. The first-order chi connectivity index (χ1) is 11.6. The first kappa shape index (κ1) is 16.7. The zero-order valence-electron chi connectivity index (χ0n) is 13.1. The van der Waals surface area contributed by atoms with Crippen LogP contribution < -0.4 is 5.32 Å². The second-order valence-electron chi connectivity index (χ2n) is 5.64. The van der Waals surface area contributed by atoms with Crippen LogP contribution in [0.3, 0.4) is 0 Å². The number of thioether (sulfide) groups is 1. The smallest absolute Gasteiger partial charge is 0.272 e. The number of rotatable bonds is 5. The summed E-state index contributed by atoms with van der Waals surface area (Å²) in [5, 5.41) is 13.7. The molecule has 1 aliphatic heterocycles. The normalized spacial score (nSPS) is 15.2. The lowest BCUT2D eigenvalue weighted by atomic mass is 10.1. The SMILES string of the molecule is O=[N+]([O-])c1ccc(Nc2cccc(CN3CCSCC3)c2)c(F)c1. The third kappa shape index (κ3) is 4.24. The van der Waals surface area contributed by atoms with Gasteiger partial charge in [0.1, 0.15) is 0 Å². The summed E-state index contributed by atoms with van der Waals surface area (Å²) >= 11 is 1.98. The first-order valence-electron chi connectivity index (χ1n) is 7.72. The molecule has 0 aromatic heterocycles. The van der Waals surface area contributed by atoms with E-state index in [1.165, 1.54) is 12.1 Å². The second kappa shape index (κ2) is 7.63. The lowest BCUT2D eigenvalue weighted by Crippen LogP contribution is -2.31. The molecule has 0 radical (unpaired) electrons. The molecule has 0 aliphatic carbocycles. The van der Waals surface area contributed by atoms with Crippen molar-refractivity contribution in [2.24, 2.45) is 0 Å². The molecule has 0 atom stereocenters. The van der Waals surface area contributed by atoms with Crippen molar-refractivity contribution in [3.8, 4) is 0 Å². The van der Waals surface area contributed by atoms with Crippen molar-refractivity contribution in [3.05, 3.63) is 64.0 Å². The van der Waals surface area contributed by atoms with Gasteiger partial charge in [-0.25, -0.2) is 4.39 Å². The van der Waals surface area contributed by atoms with E-state index in [4.69, 9.17) is 0 Å². The molecule has 1 heterocycles. The maximum atomic E-state index is 14.0. The fraction of sp³-hybridized carbons (Fsp3) is 0.294. The number of hydrogen-bond donors (Lipinski definition) is 1. The Labute approximate surface area is 144 Å². The lowest BCUT2D eigenvalue weighted by molar-refractivity contribution is -0.385. The van der Waals surface area contributed by atoms with Gasteiger partial charge in [-0.2, -0.15) is 11.8 Å². The van der Waals surface area contributed by atoms with Crippen LogP contribution in [0.15, 0.2) is 42.5 Å². The van der Waals surface area contributed by atoms with Crippen molar-refractivity contribution in [2.45, 2.75) is 6.54 Å². The standard InChI is InChI=1S/C17H18FN3O2S/c18-16-11-15(21(22)23)4-5-17(16)19-14-3-1-2-13(10-14)12-20-6-8-24-9-7-20/h1-5,10-11,19H,6-9,12H2. The van der Waals surface area contributed by atoms with Gasteiger partial charge < -0.3 is 5.32 Å². The van der Waals surface area contributed by atoms with Crippen LogP contribution >= 0.6 is 11.8 Å². The lowest BCUT2D eigenvalue weighted by Gasteiger charge is -2.26. The number of anilines is 2. The van der Waals surface area contributed by atoms with E-state index in [1.807, 2.05) is 30.0 Å². The zero-order valence-corrected chi connectivity index (χ0v) is 13.9. The van der Waals surface area contributed by atoms with E-state index >= 15 is 0 Å². The zero-order chi connectivity index (χ0) is 16.9. The van der Waals surface area contributed by atoms with E-state index in [0.29, 0.717) is 0 Å². The van der Waals surface area contributed by atoms with Gasteiger partial charge in [-0.05, 0) is 23.8 Å². The molecule has 0 saturated carbocycles. The fourth-order valence-electron chi connectivity index (χ4n) is 2.64. The highest BCUT2D eigenvalue weighted by Crippen LogP contribution is 2.25. The van der Waals surface area contributed by atoms with Crippen LogP contribution in [-0.2, 0) is 6.54 Å². The molecule has 5 nitrogen and oxygen atoms in total. The van der Waals surface area contributed by atoms with Crippen LogP contribution in [0.2, 0.25) is 0 Å². The average Bonchev–Trinajstić information content (AvgIpc) is 2.58. The van der Waals surface area contributed by atoms with Crippen LogP contribution in [0.5, 0.6) is 0 Å². The highest BCUT2D eigenvalue weighted by molar-refractivity contribution is 7.99. The maximum absolute atomic E-state index is 14.0. The predicted molar refractivity (Wildman–Crippen MR) is 95.4 cm³/mol. The molecule has 24 heavy (non-hydrogen) atoms. The Morgan fingerprint density at radius 2 is 2.00 bits per heavy atom. The van der Waals surface area contributed by atoms with Gasteiger partial charge in [0.05, 0.1) is 16.7 Å². The number of benzene rings is 2. The van der Waals surface area contributed by atoms with Crippen molar-refractivity contribution in [1.82, 2.24) is 4.90 Å². The van der Waals surface area contributed by atoms with E-state index < -0.39 is 10.7 Å². The molecule has 0 amide bonds. The Hall–Kier alpha value is -2.12. The molecule has 2 aromatic rings. The van der Waals surface area contributed by atoms with Gasteiger partial charge in [-0.1, -0.05) is 12.1 Å². The summed E-state index contributed by atoms with van der Waals surface area (Å²) in [6, 6.07) is 11.4. The fourth-order valence-corrected chi connectivity index (χ4v) is 3.62. The minimum atomic E-state index is -0.636. The van der Waals surface area contributed by atoms with E-state index in [1.54, 1.807) is 0 Å². The first-order valence-corrected chi connectivity index (χ1v) is 8.87. The number of hydrogen-bond acceptors (Lipinski definition) is 5. The van der Waals surface area contributed by atoms with Crippen molar-refractivity contribution >= 4 is 28.8 Å². The Morgan fingerprint density at radius 3 is 2.71 bits per heavy atom. The summed E-state index contributed by atoms with van der Waals surface area (Å²) in [5.74, 6) is 1.68.